The van der Waals surface area contributed by atoms with Gasteiger partial charge in [-0.2, -0.15) is 0 Å². The van der Waals surface area contributed by atoms with Crippen LogP contribution in [0.1, 0.15) is 18.4 Å². The number of rotatable bonds is 5. The molecule has 0 aliphatic carbocycles. The number of hydrogen-bond donors (Lipinski definition) is 0. The zero-order valence-electron chi connectivity index (χ0n) is 19.6. The average molecular weight is 478 g/mol. The van der Waals surface area contributed by atoms with Crippen LogP contribution in [-0.4, -0.2) is 69.4 Å². The fourth-order valence-corrected chi connectivity index (χ4v) is 5.04. The van der Waals surface area contributed by atoms with Gasteiger partial charge in [-0.05, 0) is 44.1 Å². The molecule has 0 atom stereocenters. The zero-order valence-corrected chi connectivity index (χ0v) is 20.4. The number of carbonyl (C=O) groups excluding carboxylic acids is 1. The number of likely N-dealkylation sites (tertiary alicyclic amines) is 1. The van der Waals surface area contributed by atoms with Crippen molar-refractivity contribution < 1.29 is 9.53 Å². The highest BCUT2D eigenvalue weighted by Crippen LogP contribution is 2.25. The molecule has 3 aromatic rings. The molecule has 0 unspecified atom stereocenters. The molecule has 7 nitrogen and oxygen atoms in total. The lowest BCUT2D eigenvalue weighted by atomic mass is 9.95. The van der Waals surface area contributed by atoms with E-state index >= 15 is 0 Å². The van der Waals surface area contributed by atoms with Gasteiger partial charge in [0.15, 0.2) is 5.82 Å². The number of piperidine rings is 1. The molecule has 2 aromatic carbocycles. The fourth-order valence-electron chi connectivity index (χ4n) is 4.75. The van der Waals surface area contributed by atoms with Crippen molar-refractivity contribution in [1.82, 2.24) is 24.1 Å². The second kappa shape index (κ2) is 10.2. The number of aromatic nitrogens is 3. The third-order valence-corrected chi connectivity index (χ3v) is 7.15. The lowest BCUT2D eigenvalue weighted by molar-refractivity contribution is -0.141. The molecule has 0 radical (unpaired) electrons. The van der Waals surface area contributed by atoms with Crippen molar-refractivity contribution >= 4 is 18.1 Å². The van der Waals surface area contributed by atoms with Gasteiger partial charge in [-0.1, -0.05) is 48.0 Å². The highest BCUT2D eigenvalue weighted by molar-refractivity contribution is 7.71. The van der Waals surface area contributed by atoms with Crippen LogP contribution in [0.3, 0.4) is 0 Å². The van der Waals surface area contributed by atoms with Gasteiger partial charge in [-0.25, -0.2) is 4.68 Å². The third-order valence-electron chi connectivity index (χ3n) is 6.76. The summed E-state index contributed by atoms with van der Waals surface area (Å²) in [5, 5.41) is 4.95. The van der Waals surface area contributed by atoms with Crippen molar-refractivity contribution in [3.05, 3.63) is 64.9 Å². The van der Waals surface area contributed by atoms with E-state index in [4.69, 9.17) is 22.1 Å². The molecule has 0 bridgehead atoms. The van der Waals surface area contributed by atoms with E-state index in [1.807, 2.05) is 27.8 Å². The number of morpholine rings is 1. The Balaban J connectivity index is 1.34. The summed E-state index contributed by atoms with van der Waals surface area (Å²) >= 11 is 5.91. The standard InChI is InChI=1S/C26H31N5O2S/c1-20-7-9-23(10-8-20)31-24(21-5-3-2-4-6-21)27-30(26(31)34)19-28-13-11-22(12-14-28)25(32)29-15-17-33-18-16-29/h2-10,22H,11-19H2,1H3. The van der Waals surface area contributed by atoms with Gasteiger partial charge in [0.05, 0.1) is 19.9 Å². The first kappa shape index (κ1) is 23.0. The molecule has 1 amide bonds. The predicted molar refractivity (Wildman–Crippen MR) is 134 cm³/mol. The van der Waals surface area contributed by atoms with Gasteiger partial charge in [0.25, 0.3) is 0 Å². The summed E-state index contributed by atoms with van der Waals surface area (Å²) in [6.45, 7) is 7.15. The SMILES string of the molecule is Cc1ccc(-n2c(-c3ccccc3)nn(CN3CCC(C(=O)N4CCOCC4)CC3)c2=S)cc1. The van der Waals surface area contributed by atoms with E-state index in [9.17, 15) is 4.79 Å². The van der Waals surface area contributed by atoms with Gasteiger partial charge in [-0.3, -0.25) is 14.3 Å². The number of amides is 1. The van der Waals surface area contributed by atoms with Crippen LogP contribution < -0.4 is 0 Å². The summed E-state index contributed by atoms with van der Waals surface area (Å²) < 4.78 is 10.0. The van der Waals surface area contributed by atoms with E-state index in [0.717, 1.165) is 43.0 Å². The Bertz CT molecular complexity index is 1170. The molecule has 3 heterocycles. The first-order valence-corrected chi connectivity index (χ1v) is 12.4. The van der Waals surface area contributed by atoms with Crippen LogP contribution in [0.15, 0.2) is 54.6 Å². The van der Waals surface area contributed by atoms with Crippen LogP contribution >= 0.6 is 12.2 Å². The molecule has 5 rings (SSSR count). The Hall–Kier alpha value is -2.81. The molecule has 0 N–H and O–H groups in total. The maximum atomic E-state index is 12.9. The second-order valence-corrected chi connectivity index (χ2v) is 9.48. The first-order chi connectivity index (χ1) is 16.6. The number of aryl methyl sites for hydroxylation is 1. The number of benzene rings is 2. The van der Waals surface area contributed by atoms with Crippen molar-refractivity contribution in [2.24, 2.45) is 5.92 Å². The second-order valence-electron chi connectivity index (χ2n) is 9.11. The van der Waals surface area contributed by atoms with Crippen LogP contribution in [-0.2, 0) is 16.2 Å². The Morgan fingerprint density at radius 3 is 2.35 bits per heavy atom. The maximum Gasteiger partial charge on any atom is 0.225 e. The Morgan fingerprint density at radius 1 is 1.00 bits per heavy atom. The van der Waals surface area contributed by atoms with Gasteiger partial charge >= 0.3 is 0 Å². The van der Waals surface area contributed by atoms with Crippen LogP contribution in [0.4, 0.5) is 0 Å². The summed E-state index contributed by atoms with van der Waals surface area (Å²) in [6, 6.07) is 18.6. The fraction of sp³-hybridized carbons (Fsp3) is 0.423. The van der Waals surface area contributed by atoms with Crippen LogP contribution in [0.25, 0.3) is 17.1 Å². The summed E-state index contributed by atoms with van der Waals surface area (Å²) in [5.41, 5.74) is 3.25. The van der Waals surface area contributed by atoms with Gasteiger partial charge in [-0.15, -0.1) is 5.10 Å². The van der Waals surface area contributed by atoms with Crippen LogP contribution in [0, 0.1) is 17.6 Å². The smallest absolute Gasteiger partial charge is 0.225 e. The van der Waals surface area contributed by atoms with E-state index in [2.05, 4.69) is 52.8 Å². The van der Waals surface area contributed by atoms with E-state index in [0.29, 0.717) is 37.7 Å². The Labute approximate surface area is 205 Å². The minimum Gasteiger partial charge on any atom is -0.378 e. The monoisotopic (exact) mass is 477 g/mol. The molecule has 2 aliphatic heterocycles. The molecule has 1 aromatic heterocycles. The Morgan fingerprint density at radius 2 is 1.68 bits per heavy atom. The van der Waals surface area contributed by atoms with E-state index in [-0.39, 0.29) is 11.8 Å². The molecular weight excluding hydrogens is 446 g/mol. The number of ether oxygens (including phenoxy) is 1. The van der Waals surface area contributed by atoms with Gasteiger partial charge in [0.1, 0.15) is 0 Å². The highest BCUT2D eigenvalue weighted by atomic mass is 32.1. The quantitative estimate of drug-likeness (QED) is 0.522. The van der Waals surface area contributed by atoms with E-state index < -0.39 is 0 Å². The van der Waals surface area contributed by atoms with Crippen LogP contribution in [0.5, 0.6) is 0 Å². The largest absolute Gasteiger partial charge is 0.378 e. The molecule has 178 valence electrons. The van der Waals surface area contributed by atoms with E-state index in [1.54, 1.807) is 0 Å². The van der Waals surface area contributed by atoms with Crippen molar-refractivity contribution in [3.63, 3.8) is 0 Å². The van der Waals surface area contributed by atoms with Gasteiger partial charge < -0.3 is 9.64 Å². The van der Waals surface area contributed by atoms with Crippen molar-refractivity contribution in [2.45, 2.75) is 26.4 Å². The first-order valence-electron chi connectivity index (χ1n) is 12.0. The normalized spacial score (nSPS) is 17.7. The van der Waals surface area contributed by atoms with E-state index in [1.165, 1.54) is 5.56 Å². The summed E-state index contributed by atoms with van der Waals surface area (Å²) in [6.07, 6.45) is 1.74. The average Bonchev–Trinajstić information content (AvgIpc) is 3.21. The van der Waals surface area contributed by atoms with Gasteiger partial charge in [0, 0.05) is 43.3 Å². The summed E-state index contributed by atoms with van der Waals surface area (Å²) in [7, 11) is 0. The zero-order chi connectivity index (χ0) is 23.5. The van der Waals surface area contributed by atoms with Crippen molar-refractivity contribution in [1.29, 1.82) is 0 Å². The highest BCUT2D eigenvalue weighted by Gasteiger charge is 2.29. The molecule has 34 heavy (non-hydrogen) atoms. The summed E-state index contributed by atoms with van der Waals surface area (Å²) in [5.74, 6) is 1.23. The molecule has 0 spiro atoms. The maximum absolute atomic E-state index is 12.9. The number of nitrogens with zero attached hydrogens (tertiary/aromatic N) is 5. The molecule has 8 heteroatoms. The predicted octanol–water partition coefficient (Wildman–Crippen LogP) is 3.91. The number of hydrogen-bond acceptors (Lipinski definition) is 5. The lowest BCUT2D eigenvalue weighted by Gasteiger charge is -2.35. The Kier molecular flexibility index (Phi) is 6.89. The summed E-state index contributed by atoms with van der Waals surface area (Å²) in [4.78, 5) is 17.2. The molecule has 0 saturated carbocycles. The van der Waals surface area contributed by atoms with Crippen molar-refractivity contribution in [3.8, 4) is 17.1 Å². The molecule has 2 fully saturated rings. The minimum absolute atomic E-state index is 0.104. The minimum atomic E-state index is 0.104. The molecular formula is C26H31N5O2S. The van der Waals surface area contributed by atoms with Crippen molar-refractivity contribution in [2.75, 3.05) is 39.4 Å². The topological polar surface area (TPSA) is 55.5 Å². The number of carbonyl (C=O) groups is 1. The lowest BCUT2D eigenvalue weighted by Crippen LogP contribution is -2.47. The van der Waals surface area contributed by atoms with Gasteiger partial charge in [0.2, 0.25) is 10.7 Å². The van der Waals surface area contributed by atoms with Crippen LogP contribution in [0.2, 0.25) is 0 Å². The third kappa shape index (κ3) is 4.85. The molecule has 2 aliphatic rings. The molecule has 2 saturated heterocycles.